The molecule has 0 aliphatic carbocycles. The number of aryl methyl sites for hydroxylation is 2. The number of unbranched alkanes of at least 4 members (excludes halogenated alkanes) is 2. The topological polar surface area (TPSA) is 136 Å². The van der Waals surface area contributed by atoms with E-state index in [1.54, 1.807) is 26.0 Å². The van der Waals surface area contributed by atoms with E-state index >= 15 is 0 Å². The third-order valence-corrected chi connectivity index (χ3v) is 6.26. The highest BCUT2D eigenvalue weighted by atomic mass is 32.2. The van der Waals surface area contributed by atoms with Crippen molar-refractivity contribution in [2.45, 2.75) is 44.4 Å². The van der Waals surface area contributed by atoms with Crippen molar-refractivity contribution < 1.29 is 31.9 Å². The number of hydrogen-bond acceptors (Lipinski definition) is 7. The van der Waals surface area contributed by atoms with Gasteiger partial charge < -0.3 is 13.9 Å². The second kappa shape index (κ2) is 10.5. The van der Waals surface area contributed by atoms with Gasteiger partial charge in [0, 0.05) is 19.0 Å². The molecule has 0 radical (unpaired) electrons. The Labute approximate surface area is 186 Å². The molecule has 0 spiro atoms. The first-order valence-electron chi connectivity index (χ1n) is 10.3. The first-order valence-corrected chi connectivity index (χ1v) is 11.8. The minimum absolute atomic E-state index is 0.111. The maximum absolute atomic E-state index is 12.4. The van der Waals surface area contributed by atoms with Crippen LogP contribution in [0, 0.1) is 13.8 Å². The number of hydrogen-bond donors (Lipinski definition) is 3. The fourth-order valence-corrected chi connectivity index (χ4v) is 4.27. The van der Waals surface area contributed by atoms with Crippen LogP contribution >= 0.6 is 0 Å². The molecule has 2 amide bonds. The predicted octanol–water partition coefficient (Wildman–Crippen LogP) is 1.97. The number of rotatable bonds is 9. The molecule has 10 nitrogen and oxygen atoms in total. The molecule has 2 aromatic rings. The lowest BCUT2D eigenvalue weighted by molar-refractivity contribution is -0.122. The van der Waals surface area contributed by atoms with Gasteiger partial charge in [-0.3, -0.25) is 20.4 Å². The van der Waals surface area contributed by atoms with Gasteiger partial charge in [-0.2, -0.15) is 0 Å². The molecule has 0 unspecified atom stereocenters. The minimum atomic E-state index is -3.66. The van der Waals surface area contributed by atoms with Crippen molar-refractivity contribution in [3.05, 3.63) is 41.3 Å². The molecule has 1 aromatic heterocycles. The highest BCUT2D eigenvalue weighted by Crippen LogP contribution is 2.32. The summed E-state index contributed by atoms with van der Waals surface area (Å²) in [6, 6.07) is 6.10. The molecule has 3 N–H and O–H groups in total. The number of benzene rings is 1. The molecule has 1 aliphatic rings. The number of sulfonamides is 1. The van der Waals surface area contributed by atoms with Crippen LogP contribution in [0.5, 0.6) is 11.5 Å². The van der Waals surface area contributed by atoms with Gasteiger partial charge in [0.2, 0.25) is 15.9 Å². The van der Waals surface area contributed by atoms with Gasteiger partial charge in [-0.15, -0.1) is 0 Å². The summed E-state index contributed by atoms with van der Waals surface area (Å²) in [5.74, 6) is 1.26. The molecule has 0 atom stereocenters. The fraction of sp³-hybridized carbons (Fsp3) is 0.429. The van der Waals surface area contributed by atoms with E-state index < -0.39 is 15.9 Å². The number of carbonyl (C=O) groups excluding carboxylic acids is 2. The lowest BCUT2D eigenvalue weighted by Gasteiger charge is -2.18. The molecule has 0 bridgehead atoms. The van der Waals surface area contributed by atoms with Crippen molar-refractivity contribution >= 4 is 21.8 Å². The third kappa shape index (κ3) is 6.24. The standard InChI is InChI=1S/C21H27N3O7S/c1-14-12-17(15(2)31-14)21(26)24-23-20(25)6-4-3-5-9-22-32(27,28)16-7-8-18-19(13-16)30-11-10-29-18/h7-8,12-13,22H,3-6,9-11H2,1-2H3,(H,23,25)(H,24,26). The average Bonchev–Trinajstić information content (AvgIpc) is 3.12. The van der Waals surface area contributed by atoms with Crippen molar-refractivity contribution in [3.63, 3.8) is 0 Å². The first kappa shape index (κ1) is 23.6. The van der Waals surface area contributed by atoms with E-state index in [0.717, 1.165) is 0 Å². The summed E-state index contributed by atoms with van der Waals surface area (Å²) in [6.07, 6.45) is 1.97. The lowest BCUT2D eigenvalue weighted by Crippen LogP contribution is -2.41. The smallest absolute Gasteiger partial charge is 0.273 e. The lowest BCUT2D eigenvalue weighted by atomic mass is 10.2. The van der Waals surface area contributed by atoms with E-state index in [-0.39, 0.29) is 23.8 Å². The summed E-state index contributed by atoms with van der Waals surface area (Å²) in [5.41, 5.74) is 5.09. The Bertz CT molecular complexity index is 1080. The molecule has 2 heterocycles. The number of amides is 2. The molecule has 1 aromatic carbocycles. The van der Waals surface area contributed by atoms with Crippen LogP contribution in [0.25, 0.3) is 0 Å². The van der Waals surface area contributed by atoms with Gasteiger partial charge in [-0.05, 0) is 44.9 Å². The molecule has 1 aliphatic heterocycles. The Morgan fingerprint density at radius 1 is 0.969 bits per heavy atom. The van der Waals surface area contributed by atoms with Crippen LogP contribution in [0.3, 0.4) is 0 Å². The predicted molar refractivity (Wildman–Crippen MR) is 115 cm³/mol. The van der Waals surface area contributed by atoms with Gasteiger partial charge in [-0.25, -0.2) is 13.1 Å². The van der Waals surface area contributed by atoms with Crippen molar-refractivity contribution in [2.24, 2.45) is 0 Å². The zero-order valence-corrected chi connectivity index (χ0v) is 18.8. The number of furan rings is 1. The molecule has 174 valence electrons. The average molecular weight is 466 g/mol. The van der Waals surface area contributed by atoms with Crippen LogP contribution in [0.15, 0.2) is 33.6 Å². The van der Waals surface area contributed by atoms with E-state index in [2.05, 4.69) is 15.6 Å². The van der Waals surface area contributed by atoms with Gasteiger partial charge in [0.05, 0.1) is 10.5 Å². The second-order valence-corrected chi connectivity index (χ2v) is 9.11. The van der Waals surface area contributed by atoms with Gasteiger partial charge in [-0.1, -0.05) is 6.42 Å². The van der Waals surface area contributed by atoms with Gasteiger partial charge >= 0.3 is 0 Å². The molecular formula is C21H27N3O7S. The molecule has 3 rings (SSSR count). The van der Waals surface area contributed by atoms with E-state index in [0.29, 0.717) is 61.1 Å². The Kier molecular flexibility index (Phi) is 7.75. The zero-order valence-electron chi connectivity index (χ0n) is 18.0. The van der Waals surface area contributed by atoms with Crippen LogP contribution in [0.4, 0.5) is 0 Å². The molecule has 0 fully saturated rings. The van der Waals surface area contributed by atoms with E-state index in [1.165, 1.54) is 12.1 Å². The largest absolute Gasteiger partial charge is 0.486 e. The number of fused-ring (bicyclic) bond motifs is 1. The SMILES string of the molecule is Cc1cc(C(=O)NNC(=O)CCCCCNS(=O)(=O)c2ccc3c(c2)OCCO3)c(C)o1. The molecule has 11 heteroatoms. The quantitative estimate of drug-likeness (QED) is 0.380. The molecule has 32 heavy (non-hydrogen) atoms. The Morgan fingerprint density at radius 2 is 1.72 bits per heavy atom. The minimum Gasteiger partial charge on any atom is -0.486 e. The van der Waals surface area contributed by atoms with Crippen LogP contribution < -0.4 is 25.0 Å². The fourth-order valence-electron chi connectivity index (χ4n) is 3.18. The second-order valence-electron chi connectivity index (χ2n) is 7.34. The Balaban J connectivity index is 1.32. The monoisotopic (exact) mass is 465 g/mol. The summed E-state index contributed by atoms with van der Waals surface area (Å²) in [5, 5.41) is 0. The van der Waals surface area contributed by atoms with Crippen molar-refractivity contribution in [1.82, 2.24) is 15.6 Å². The maximum Gasteiger partial charge on any atom is 0.273 e. The highest BCUT2D eigenvalue weighted by Gasteiger charge is 2.19. The van der Waals surface area contributed by atoms with Crippen LogP contribution in [0.1, 0.15) is 47.6 Å². The first-order chi connectivity index (χ1) is 15.3. The highest BCUT2D eigenvalue weighted by molar-refractivity contribution is 7.89. The van der Waals surface area contributed by atoms with Gasteiger partial charge in [0.1, 0.15) is 24.7 Å². The Morgan fingerprint density at radius 3 is 2.44 bits per heavy atom. The van der Waals surface area contributed by atoms with E-state index in [4.69, 9.17) is 13.9 Å². The number of carbonyl (C=O) groups is 2. The van der Waals surface area contributed by atoms with E-state index in [9.17, 15) is 18.0 Å². The summed E-state index contributed by atoms with van der Waals surface area (Å²) in [6.45, 7) is 4.47. The van der Waals surface area contributed by atoms with Crippen molar-refractivity contribution in [2.75, 3.05) is 19.8 Å². The Hall–Kier alpha value is -3.05. The van der Waals surface area contributed by atoms with Crippen molar-refractivity contribution in [3.8, 4) is 11.5 Å². The van der Waals surface area contributed by atoms with Crippen LogP contribution in [-0.4, -0.2) is 40.0 Å². The number of nitrogens with one attached hydrogen (secondary N) is 3. The van der Waals surface area contributed by atoms with E-state index in [1.807, 2.05) is 0 Å². The third-order valence-electron chi connectivity index (χ3n) is 4.80. The normalized spacial score (nSPS) is 12.9. The molecular weight excluding hydrogens is 438 g/mol. The summed E-state index contributed by atoms with van der Waals surface area (Å²) in [4.78, 5) is 24.0. The zero-order chi connectivity index (χ0) is 23.1. The number of hydrazine groups is 1. The maximum atomic E-state index is 12.4. The van der Waals surface area contributed by atoms with Gasteiger partial charge in [0.25, 0.3) is 5.91 Å². The van der Waals surface area contributed by atoms with Crippen LogP contribution in [-0.2, 0) is 14.8 Å². The van der Waals surface area contributed by atoms with Gasteiger partial charge in [0.15, 0.2) is 11.5 Å². The summed E-state index contributed by atoms with van der Waals surface area (Å²) < 4.78 is 43.5. The molecule has 0 saturated heterocycles. The summed E-state index contributed by atoms with van der Waals surface area (Å²) >= 11 is 0. The van der Waals surface area contributed by atoms with Crippen molar-refractivity contribution in [1.29, 1.82) is 0 Å². The number of ether oxygens (including phenoxy) is 2. The molecule has 0 saturated carbocycles. The summed E-state index contributed by atoms with van der Waals surface area (Å²) in [7, 11) is -3.66. The van der Waals surface area contributed by atoms with Crippen LogP contribution in [0.2, 0.25) is 0 Å².